The minimum atomic E-state index is -0.0534. The van der Waals surface area contributed by atoms with Crippen LogP contribution < -0.4 is 10.1 Å². The van der Waals surface area contributed by atoms with Crippen LogP contribution in [-0.2, 0) is 0 Å². The molecule has 1 aromatic heterocycles. The van der Waals surface area contributed by atoms with Gasteiger partial charge in [0.05, 0.1) is 11.6 Å². The van der Waals surface area contributed by atoms with Gasteiger partial charge >= 0.3 is 0 Å². The summed E-state index contributed by atoms with van der Waals surface area (Å²) in [5.74, 6) is 0.594. The number of carbonyl (C=O) groups excluding carboxylic acids is 2. The van der Waals surface area contributed by atoms with Crippen molar-refractivity contribution in [3.05, 3.63) is 58.9 Å². The number of rotatable bonds is 6. The predicted octanol–water partition coefficient (Wildman–Crippen LogP) is 3.31. The molecule has 6 nitrogen and oxygen atoms in total. The van der Waals surface area contributed by atoms with Crippen LogP contribution in [0.3, 0.4) is 0 Å². The second-order valence-corrected chi connectivity index (χ2v) is 7.63. The maximum Gasteiger partial charge on any atom is 0.255 e. The average Bonchev–Trinajstić information content (AvgIpc) is 3.40. The largest absolute Gasteiger partial charge is 0.491 e. The number of likely N-dealkylation sites (tertiary alicyclic amines) is 1. The summed E-state index contributed by atoms with van der Waals surface area (Å²) in [5.41, 5.74) is 1.16. The molecule has 2 aliphatic rings. The number of halogens is 1. The Morgan fingerprint density at radius 1 is 1.11 bits per heavy atom. The van der Waals surface area contributed by atoms with E-state index in [0.29, 0.717) is 41.2 Å². The van der Waals surface area contributed by atoms with Crippen molar-refractivity contribution in [2.24, 2.45) is 0 Å². The molecule has 2 heterocycles. The lowest BCUT2D eigenvalue weighted by molar-refractivity contribution is 0.0691. The number of ether oxygens (including phenoxy) is 1. The molecule has 146 valence electrons. The van der Waals surface area contributed by atoms with E-state index in [4.69, 9.17) is 16.3 Å². The highest BCUT2D eigenvalue weighted by Crippen LogP contribution is 2.23. The second-order valence-electron chi connectivity index (χ2n) is 7.25. The van der Waals surface area contributed by atoms with Gasteiger partial charge in [-0.1, -0.05) is 11.6 Å². The van der Waals surface area contributed by atoms with Gasteiger partial charge in [-0.15, -0.1) is 0 Å². The molecular weight excluding hydrogens is 378 g/mol. The molecule has 28 heavy (non-hydrogen) atoms. The Labute approximate surface area is 168 Å². The summed E-state index contributed by atoms with van der Waals surface area (Å²) < 4.78 is 5.89. The number of nitrogens with zero attached hydrogens (tertiary/aromatic N) is 2. The lowest BCUT2D eigenvalue weighted by Crippen LogP contribution is -2.39. The van der Waals surface area contributed by atoms with Crippen LogP contribution >= 0.6 is 11.6 Å². The van der Waals surface area contributed by atoms with E-state index in [-0.39, 0.29) is 17.9 Å². The van der Waals surface area contributed by atoms with E-state index in [1.165, 1.54) is 6.20 Å². The fourth-order valence-corrected chi connectivity index (χ4v) is 3.45. The summed E-state index contributed by atoms with van der Waals surface area (Å²) in [6.45, 7) is 1.12. The third-order valence-electron chi connectivity index (χ3n) is 5.08. The Balaban J connectivity index is 1.33. The molecular formula is C21H22ClN3O3. The van der Waals surface area contributed by atoms with Crippen LogP contribution in [0.2, 0.25) is 5.15 Å². The molecule has 0 spiro atoms. The Hall–Kier alpha value is -2.60. The van der Waals surface area contributed by atoms with Crippen LogP contribution in [0.5, 0.6) is 5.75 Å². The van der Waals surface area contributed by atoms with Gasteiger partial charge < -0.3 is 15.0 Å². The maximum absolute atomic E-state index is 12.7. The second kappa shape index (κ2) is 8.19. The van der Waals surface area contributed by atoms with Crippen molar-refractivity contribution in [1.29, 1.82) is 0 Å². The van der Waals surface area contributed by atoms with Crippen LogP contribution in [0.4, 0.5) is 0 Å². The molecule has 4 rings (SSSR count). The first-order valence-electron chi connectivity index (χ1n) is 9.56. The Kier molecular flexibility index (Phi) is 5.48. The standard InChI is InChI=1S/C21H22ClN3O3/c22-19-10-5-15(12-23-19)21(27)25-11-1-2-17(25)13-28-18-8-3-14(4-9-18)20(26)24-16-6-7-16/h3-5,8-10,12,16-17H,1-2,6-7,11,13H2,(H,24,26)/t17-/m1/s1. The molecule has 0 bridgehead atoms. The zero-order valence-electron chi connectivity index (χ0n) is 15.4. The summed E-state index contributed by atoms with van der Waals surface area (Å²) in [6.07, 6.45) is 5.48. The molecule has 2 fully saturated rings. The minimum Gasteiger partial charge on any atom is -0.491 e. The first-order valence-corrected chi connectivity index (χ1v) is 9.94. The number of amides is 2. The lowest BCUT2D eigenvalue weighted by Gasteiger charge is -2.25. The van der Waals surface area contributed by atoms with Gasteiger partial charge in [0.15, 0.2) is 0 Å². The van der Waals surface area contributed by atoms with E-state index in [9.17, 15) is 9.59 Å². The molecule has 1 saturated heterocycles. The van der Waals surface area contributed by atoms with Gasteiger partial charge in [0.2, 0.25) is 0 Å². The van der Waals surface area contributed by atoms with Crippen molar-refractivity contribution >= 4 is 23.4 Å². The van der Waals surface area contributed by atoms with Gasteiger partial charge in [-0.05, 0) is 62.1 Å². The van der Waals surface area contributed by atoms with E-state index in [1.54, 1.807) is 36.4 Å². The number of carbonyl (C=O) groups is 2. The highest BCUT2D eigenvalue weighted by atomic mass is 35.5. The Morgan fingerprint density at radius 3 is 2.54 bits per heavy atom. The predicted molar refractivity (Wildman–Crippen MR) is 106 cm³/mol. The van der Waals surface area contributed by atoms with E-state index in [0.717, 1.165) is 25.7 Å². The normalized spacial score (nSPS) is 18.8. The topological polar surface area (TPSA) is 71.5 Å². The number of benzene rings is 1. The summed E-state index contributed by atoms with van der Waals surface area (Å²) in [6, 6.07) is 10.8. The van der Waals surface area contributed by atoms with E-state index >= 15 is 0 Å². The van der Waals surface area contributed by atoms with Gasteiger partial charge in [-0.25, -0.2) is 4.98 Å². The summed E-state index contributed by atoms with van der Waals surface area (Å²) >= 11 is 5.80. The fraction of sp³-hybridized carbons (Fsp3) is 0.381. The summed E-state index contributed by atoms with van der Waals surface area (Å²) in [7, 11) is 0. The van der Waals surface area contributed by atoms with Crippen molar-refractivity contribution in [3.63, 3.8) is 0 Å². The van der Waals surface area contributed by atoms with Crippen LogP contribution in [0, 0.1) is 0 Å². The molecule has 2 amide bonds. The Morgan fingerprint density at radius 2 is 1.86 bits per heavy atom. The monoisotopic (exact) mass is 399 g/mol. The molecule has 1 aliphatic heterocycles. The van der Waals surface area contributed by atoms with Crippen LogP contribution in [0.15, 0.2) is 42.6 Å². The maximum atomic E-state index is 12.7. The lowest BCUT2D eigenvalue weighted by atomic mass is 10.2. The van der Waals surface area contributed by atoms with Crippen LogP contribution in [0.1, 0.15) is 46.4 Å². The van der Waals surface area contributed by atoms with Crippen molar-refractivity contribution in [3.8, 4) is 5.75 Å². The van der Waals surface area contributed by atoms with Gasteiger partial charge in [0.1, 0.15) is 17.5 Å². The molecule has 7 heteroatoms. The quantitative estimate of drug-likeness (QED) is 0.756. The van der Waals surface area contributed by atoms with Crippen molar-refractivity contribution in [2.45, 2.75) is 37.8 Å². The van der Waals surface area contributed by atoms with E-state index in [2.05, 4.69) is 10.3 Å². The first-order chi connectivity index (χ1) is 13.6. The average molecular weight is 400 g/mol. The van der Waals surface area contributed by atoms with Crippen molar-refractivity contribution in [2.75, 3.05) is 13.2 Å². The number of hydrogen-bond acceptors (Lipinski definition) is 4. The van der Waals surface area contributed by atoms with Gasteiger partial charge in [-0.3, -0.25) is 9.59 Å². The highest BCUT2D eigenvalue weighted by molar-refractivity contribution is 6.29. The third-order valence-corrected chi connectivity index (χ3v) is 5.31. The molecule has 1 aromatic carbocycles. The van der Waals surface area contributed by atoms with Gasteiger partial charge in [0.25, 0.3) is 11.8 Å². The van der Waals surface area contributed by atoms with E-state index < -0.39 is 0 Å². The van der Waals surface area contributed by atoms with Crippen molar-refractivity contribution < 1.29 is 14.3 Å². The number of hydrogen-bond donors (Lipinski definition) is 1. The highest BCUT2D eigenvalue weighted by Gasteiger charge is 2.30. The molecule has 1 saturated carbocycles. The molecule has 0 unspecified atom stereocenters. The minimum absolute atomic E-state index is 0.0148. The van der Waals surface area contributed by atoms with Gasteiger partial charge in [-0.2, -0.15) is 0 Å². The van der Waals surface area contributed by atoms with E-state index in [1.807, 2.05) is 4.90 Å². The van der Waals surface area contributed by atoms with Crippen LogP contribution in [0.25, 0.3) is 0 Å². The molecule has 1 N–H and O–H groups in total. The summed E-state index contributed by atoms with van der Waals surface area (Å²) in [4.78, 5) is 30.6. The molecule has 1 aliphatic carbocycles. The Bertz CT molecular complexity index is 850. The zero-order chi connectivity index (χ0) is 19.5. The first kappa shape index (κ1) is 18.7. The number of nitrogens with one attached hydrogen (secondary N) is 1. The SMILES string of the molecule is O=C(NC1CC1)c1ccc(OC[C@H]2CCCN2C(=O)c2ccc(Cl)nc2)cc1. The fourth-order valence-electron chi connectivity index (χ4n) is 3.34. The number of pyridine rings is 1. The molecule has 2 aromatic rings. The molecule has 0 radical (unpaired) electrons. The number of aromatic nitrogens is 1. The van der Waals surface area contributed by atoms with Gasteiger partial charge in [0, 0.05) is 24.3 Å². The van der Waals surface area contributed by atoms with Crippen LogP contribution in [-0.4, -0.2) is 46.9 Å². The molecule has 1 atom stereocenters. The summed E-state index contributed by atoms with van der Waals surface area (Å²) in [5, 5.41) is 3.33. The third kappa shape index (κ3) is 4.44. The smallest absolute Gasteiger partial charge is 0.255 e. The zero-order valence-corrected chi connectivity index (χ0v) is 16.2. The van der Waals surface area contributed by atoms with Crippen molar-refractivity contribution in [1.82, 2.24) is 15.2 Å².